The van der Waals surface area contributed by atoms with Gasteiger partial charge in [0.2, 0.25) is 0 Å². The van der Waals surface area contributed by atoms with E-state index in [0.29, 0.717) is 6.04 Å². The van der Waals surface area contributed by atoms with Crippen LogP contribution in [0.4, 0.5) is 0 Å². The van der Waals surface area contributed by atoms with Gasteiger partial charge in [0, 0.05) is 31.2 Å². The summed E-state index contributed by atoms with van der Waals surface area (Å²) in [5.74, 6) is 0.154. The molecule has 0 radical (unpaired) electrons. The van der Waals surface area contributed by atoms with Gasteiger partial charge in [0.15, 0.2) is 0 Å². The van der Waals surface area contributed by atoms with E-state index in [0.717, 1.165) is 25.2 Å². The second-order valence-electron chi connectivity index (χ2n) is 4.91. The summed E-state index contributed by atoms with van der Waals surface area (Å²) < 4.78 is 0. The molecule has 0 bridgehead atoms. The normalized spacial score (nSPS) is 20.4. The summed E-state index contributed by atoms with van der Waals surface area (Å²) in [5, 5.41) is 3.34. The molecule has 1 fully saturated rings. The lowest BCUT2D eigenvalue weighted by atomic mass is 10.0. The average molecular weight is 232 g/mol. The largest absolute Gasteiger partial charge is 0.336 e. The van der Waals surface area contributed by atoms with Crippen LogP contribution in [0.2, 0.25) is 0 Å². The summed E-state index contributed by atoms with van der Waals surface area (Å²) in [5.41, 5.74) is 3.22. The lowest BCUT2D eigenvalue weighted by Crippen LogP contribution is -2.51. The summed E-state index contributed by atoms with van der Waals surface area (Å²) in [4.78, 5) is 14.2. The zero-order chi connectivity index (χ0) is 12.4. The number of nitrogens with zero attached hydrogens (tertiary/aromatic N) is 1. The fourth-order valence-electron chi connectivity index (χ4n) is 2.17. The third kappa shape index (κ3) is 2.67. The van der Waals surface area contributed by atoms with Crippen molar-refractivity contribution in [1.82, 2.24) is 10.2 Å². The Morgan fingerprint density at radius 2 is 2.12 bits per heavy atom. The smallest absolute Gasteiger partial charge is 0.253 e. The highest BCUT2D eigenvalue weighted by Gasteiger charge is 2.21. The van der Waals surface area contributed by atoms with Crippen molar-refractivity contribution in [1.29, 1.82) is 0 Å². The molecule has 1 aliphatic rings. The maximum atomic E-state index is 12.3. The fourth-order valence-corrected chi connectivity index (χ4v) is 2.17. The van der Waals surface area contributed by atoms with Crippen molar-refractivity contribution >= 4 is 5.91 Å². The van der Waals surface area contributed by atoms with E-state index >= 15 is 0 Å². The standard InChI is InChI=1S/C14H20N2O/c1-10-4-5-13(8-11(10)2)14(17)16-7-6-15-12(3)9-16/h4-5,8,12,15H,6-7,9H2,1-3H3. The van der Waals surface area contributed by atoms with E-state index in [4.69, 9.17) is 0 Å². The minimum atomic E-state index is 0.154. The molecular formula is C14H20N2O. The van der Waals surface area contributed by atoms with Crippen LogP contribution < -0.4 is 5.32 Å². The summed E-state index contributed by atoms with van der Waals surface area (Å²) in [7, 11) is 0. The topological polar surface area (TPSA) is 32.3 Å². The molecule has 0 aromatic heterocycles. The van der Waals surface area contributed by atoms with Gasteiger partial charge in [0.25, 0.3) is 5.91 Å². The van der Waals surface area contributed by atoms with E-state index in [-0.39, 0.29) is 5.91 Å². The molecule has 3 nitrogen and oxygen atoms in total. The van der Waals surface area contributed by atoms with E-state index < -0.39 is 0 Å². The third-order valence-electron chi connectivity index (χ3n) is 3.41. The van der Waals surface area contributed by atoms with Crippen LogP contribution in [0.15, 0.2) is 18.2 Å². The fraction of sp³-hybridized carbons (Fsp3) is 0.500. The van der Waals surface area contributed by atoms with Crippen molar-refractivity contribution in [2.75, 3.05) is 19.6 Å². The van der Waals surface area contributed by atoms with Crippen LogP contribution in [-0.4, -0.2) is 36.5 Å². The summed E-state index contributed by atoms with van der Waals surface area (Å²) in [6.07, 6.45) is 0. The second-order valence-corrected chi connectivity index (χ2v) is 4.91. The molecule has 0 saturated carbocycles. The minimum absolute atomic E-state index is 0.154. The Kier molecular flexibility index (Phi) is 3.48. The van der Waals surface area contributed by atoms with Gasteiger partial charge in [0.1, 0.15) is 0 Å². The SMILES string of the molecule is Cc1ccc(C(=O)N2CCNC(C)C2)cc1C. The highest BCUT2D eigenvalue weighted by Crippen LogP contribution is 2.13. The average Bonchev–Trinajstić information content (AvgIpc) is 2.32. The van der Waals surface area contributed by atoms with E-state index in [1.54, 1.807) is 0 Å². The van der Waals surface area contributed by atoms with Crippen molar-refractivity contribution < 1.29 is 4.79 Å². The van der Waals surface area contributed by atoms with Crippen LogP contribution in [0.1, 0.15) is 28.4 Å². The van der Waals surface area contributed by atoms with Crippen molar-refractivity contribution in [3.8, 4) is 0 Å². The quantitative estimate of drug-likeness (QED) is 0.800. The maximum absolute atomic E-state index is 12.3. The number of hydrogen-bond acceptors (Lipinski definition) is 2. The molecule has 1 aromatic carbocycles. The first-order chi connectivity index (χ1) is 8.08. The molecule has 92 valence electrons. The lowest BCUT2D eigenvalue weighted by Gasteiger charge is -2.32. The zero-order valence-electron chi connectivity index (χ0n) is 10.8. The molecule has 0 spiro atoms. The van der Waals surface area contributed by atoms with Crippen molar-refractivity contribution in [2.45, 2.75) is 26.8 Å². The van der Waals surface area contributed by atoms with E-state index in [9.17, 15) is 4.79 Å². The highest BCUT2D eigenvalue weighted by atomic mass is 16.2. The molecular weight excluding hydrogens is 212 g/mol. The highest BCUT2D eigenvalue weighted by molar-refractivity contribution is 5.94. The first-order valence-electron chi connectivity index (χ1n) is 6.18. The van der Waals surface area contributed by atoms with Crippen LogP contribution in [0.3, 0.4) is 0 Å². The second kappa shape index (κ2) is 4.88. The Hall–Kier alpha value is -1.35. The van der Waals surface area contributed by atoms with Gasteiger partial charge in [-0.2, -0.15) is 0 Å². The first-order valence-corrected chi connectivity index (χ1v) is 6.18. The number of piperazine rings is 1. The molecule has 17 heavy (non-hydrogen) atoms. The van der Waals surface area contributed by atoms with Crippen molar-refractivity contribution in [3.63, 3.8) is 0 Å². The Morgan fingerprint density at radius 3 is 2.76 bits per heavy atom. The number of hydrogen-bond donors (Lipinski definition) is 1. The molecule has 1 atom stereocenters. The number of aryl methyl sites for hydroxylation is 2. The monoisotopic (exact) mass is 232 g/mol. The molecule has 1 amide bonds. The first kappa shape index (κ1) is 12.1. The molecule has 1 N–H and O–H groups in total. The Balaban J connectivity index is 2.15. The molecule has 3 heteroatoms. The van der Waals surface area contributed by atoms with Gasteiger partial charge in [-0.25, -0.2) is 0 Å². The van der Waals surface area contributed by atoms with Crippen LogP contribution in [0.5, 0.6) is 0 Å². The Bertz CT molecular complexity index is 428. The molecule has 1 heterocycles. The molecule has 1 aliphatic heterocycles. The van der Waals surface area contributed by atoms with Gasteiger partial charge < -0.3 is 10.2 Å². The molecule has 0 aliphatic carbocycles. The van der Waals surface area contributed by atoms with E-state index in [2.05, 4.69) is 19.2 Å². The van der Waals surface area contributed by atoms with E-state index in [1.807, 2.05) is 30.0 Å². The van der Waals surface area contributed by atoms with Crippen LogP contribution in [0.25, 0.3) is 0 Å². The predicted molar refractivity (Wildman–Crippen MR) is 69.3 cm³/mol. The van der Waals surface area contributed by atoms with Gasteiger partial charge in [-0.1, -0.05) is 6.07 Å². The molecule has 1 aromatic rings. The zero-order valence-corrected chi connectivity index (χ0v) is 10.8. The molecule has 2 rings (SSSR count). The third-order valence-corrected chi connectivity index (χ3v) is 3.41. The summed E-state index contributed by atoms with van der Waals surface area (Å²) in [6.45, 7) is 8.71. The van der Waals surface area contributed by atoms with Gasteiger partial charge in [-0.05, 0) is 44.0 Å². The Morgan fingerprint density at radius 1 is 1.35 bits per heavy atom. The van der Waals surface area contributed by atoms with Gasteiger partial charge >= 0.3 is 0 Å². The van der Waals surface area contributed by atoms with Gasteiger partial charge in [-0.3, -0.25) is 4.79 Å². The van der Waals surface area contributed by atoms with Crippen LogP contribution >= 0.6 is 0 Å². The summed E-state index contributed by atoms with van der Waals surface area (Å²) >= 11 is 0. The number of carbonyl (C=O) groups excluding carboxylic acids is 1. The van der Waals surface area contributed by atoms with E-state index in [1.165, 1.54) is 11.1 Å². The molecule has 1 saturated heterocycles. The number of rotatable bonds is 1. The van der Waals surface area contributed by atoms with Crippen LogP contribution in [0, 0.1) is 13.8 Å². The predicted octanol–water partition coefficient (Wildman–Crippen LogP) is 1.74. The summed E-state index contributed by atoms with van der Waals surface area (Å²) in [6, 6.07) is 6.33. The van der Waals surface area contributed by atoms with Crippen LogP contribution in [-0.2, 0) is 0 Å². The molecule has 1 unspecified atom stereocenters. The number of nitrogens with one attached hydrogen (secondary N) is 1. The number of benzene rings is 1. The number of carbonyl (C=O) groups is 1. The Labute approximate surface area is 103 Å². The van der Waals surface area contributed by atoms with Gasteiger partial charge in [0.05, 0.1) is 0 Å². The van der Waals surface area contributed by atoms with Gasteiger partial charge in [-0.15, -0.1) is 0 Å². The maximum Gasteiger partial charge on any atom is 0.253 e. The number of amides is 1. The lowest BCUT2D eigenvalue weighted by molar-refractivity contribution is 0.0709. The van der Waals surface area contributed by atoms with Crippen molar-refractivity contribution in [2.24, 2.45) is 0 Å². The minimum Gasteiger partial charge on any atom is -0.336 e. The van der Waals surface area contributed by atoms with Crippen molar-refractivity contribution in [3.05, 3.63) is 34.9 Å².